The molecule has 1 aliphatic rings. The highest BCUT2D eigenvalue weighted by Gasteiger charge is 2.31. The van der Waals surface area contributed by atoms with Gasteiger partial charge >= 0.3 is 12.0 Å². The molecule has 2 N–H and O–H groups in total. The SMILES string of the molecule is C=CCOC(=O)C1=C(C)NC(=O)N[C@H]1c1ccc(F)cc1. The highest BCUT2D eigenvalue weighted by molar-refractivity contribution is 5.95. The molecule has 6 heteroatoms. The van der Waals surface area contributed by atoms with Crippen LogP contribution in [0.4, 0.5) is 9.18 Å². The molecular formula is C15H15FN2O3. The highest BCUT2D eigenvalue weighted by Crippen LogP contribution is 2.27. The lowest BCUT2D eigenvalue weighted by Crippen LogP contribution is -2.45. The smallest absolute Gasteiger partial charge is 0.338 e. The molecule has 21 heavy (non-hydrogen) atoms. The Morgan fingerprint density at radius 1 is 1.43 bits per heavy atom. The summed E-state index contributed by atoms with van der Waals surface area (Å²) in [6, 6.07) is 4.45. The number of ether oxygens (including phenoxy) is 1. The van der Waals surface area contributed by atoms with Crippen molar-refractivity contribution in [3.8, 4) is 0 Å². The normalized spacial score (nSPS) is 17.8. The van der Waals surface area contributed by atoms with Crippen molar-refractivity contribution in [1.29, 1.82) is 0 Å². The summed E-state index contributed by atoms with van der Waals surface area (Å²) in [6.45, 7) is 5.16. The Kier molecular flexibility index (Phi) is 4.37. The molecule has 1 aromatic carbocycles. The van der Waals surface area contributed by atoms with Crippen LogP contribution in [0.25, 0.3) is 0 Å². The maximum atomic E-state index is 13.0. The number of nitrogens with one attached hydrogen (secondary N) is 2. The molecule has 1 heterocycles. The van der Waals surface area contributed by atoms with E-state index in [0.29, 0.717) is 11.3 Å². The first kappa shape index (κ1) is 14.8. The lowest BCUT2D eigenvalue weighted by Gasteiger charge is -2.28. The number of rotatable bonds is 4. The van der Waals surface area contributed by atoms with E-state index in [9.17, 15) is 14.0 Å². The molecule has 110 valence electrons. The van der Waals surface area contributed by atoms with Crippen LogP contribution < -0.4 is 10.6 Å². The summed E-state index contributed by atoms with van der Waals surface area (Å²) >= 11 is 0. The Hall–Kier alpha value is -2.63. The van der Waals surface area contributed by atoms with Gasteiger partial charge in [0.2, 0.25) is 0 Å². The third kappa shape index (κ3) is 3.28. The predicted molar refractivity (Wildman–Crippen MR) is 74.7 cm³/mol. The second-order valence-electron chi connectivity index (χ2n) is 4.51. The summed E-state index contributed by atoms with van der Waals surface area (Å²) in [5.74, 6) is -0.954. The van der Waals surface area contributed by atoms with Crippen molar-refractivity contribution in [1.82, 2.24) is 10.6 Å². The van der Waals surface area contributed by atoms with E-state index in [0.717, 1.165) is 0 Å². The lowest BCUT2D eigenvalue weighted by molar-refractivity contribution is -0.138. The zero-order valence-corrected chi connectivity index (χ0v) is 11.5. The fraction of sp³-hybridized carbons (Fsp3) is 0.200. The molecule has 0 saturated heterocycles. The first-order valence-electron chi connectivity index (χ1n) is 6.34. The number of halogens is 1. The average molecular weight is 290 g/mol. The van der Waals surface area contributed by atoms with Crippen LogP contribution in [0, 0.1) is 5.82 Å². The molecule has 2 amide bonds. The van der Waals surface area contributed by atoms with Gasteiger partial charge in [-0.25, -0.2) is 14.0 Å². The van der Waals surface area contributed by atoms with Crippen molar-refractivity contribution in [2.75, 3.05) is 6.61 Å². The lowest BCUT2D eigenvalue weighted by atomic mass is 9.95. The Balaban J connectivity index is 2.37. The van der Waals surface area contributed by atoms with E-state index in [2.05, 4.69) is 17.2 Å². The van der Waals surface area contributed by atoms with Gasteiger partial charge in [0, 0.05) is 5.70 Å². The summed E-state index contributed by atoms with van der Waals surface area (Å²) in [5, 5.41) is 5.16. The fourth-order valence-electron chi connectivity index (χ4n) is 2.08. The fourth-order valence-corrected chi connectivity index (χ4v) is 2.08. The molecule has 1 aromatic rings. The second kappa shape index (κ2) is 6.21. The van der Waals surface area contributed by atoms with Gasteiger partial charge in [0.25, 0.3) is 0 Å². The van der Waals surface area contributed by atoms with E-state index in [1.165, 1.54) is 30.3 Å². The van der Waals surface area contributed by atoms with E-state index >= 15 is 0 Å². The largest absolute Gasteiger partial charge is 0.458 e. The van der Waals surface area contributed by atoms with E-state index in [1.807, 2.05) is 0 Å². The number of esters is 1. The number of allylic oxidation sites excluding steroid dienone is 1. The number of hydrogen-bond acceptors (Lipinski definition) is 3. The molecule has 0 aromatic heterocycles. The van der Waals surface area contributed by atoms with Crippen molar-refractivity contribution < 1.29 is 18.7 Å². The molecule has 5 nitrogen and oxygen atoms in total. The summed E-state index contributed by atoms with van der Waals surface area (Å²) in [6.07, 6.45) is 1.45. The molecule has 0 bridgehead atoms. The Morgan fingerprint density at radius 3 is 2.71 bits per heavy atom. The maximum absolute atomic E-state index is 13.0. The van der Waals surface area contributed by atoms with Gasteiger partial charge in [-0.05, 0) is 24.6 Å². The summed E-state index contributed by atoms with van der Waals surface area (Å²) < 4.78 is 18.0. The van der Waals surface area contributed by atoms with Gasteiger partial charge in [-0.2, -0.15) is 0 Å². The minimum Gasteiger partial charge on any atom is -0.458 e. The molecule has 0 spiro atoms. The molecule has 0 unspecified atom stereocenters. The molecular weight excluding hydrogens is 275 g/mol. The highest BCUT2D eigenvalue weighted by atomic mass is 19.1. The third-order valence-electron chi connectivity index (χ3n) is 3.02. The van der Waals surface area contributed by atoms with Crippen LogP contribution in [0.5, 0.6) is 0 Å². The van der Waals surface area contributed by atoms with E-state index in [1.54, 1.807) is 6.92 Å². The van der Waals surface area contributed by atoms with E-state index in [4.69, 9.17) is 4.74 Å². The third-order valence-corrected chi connectivity index (χ3v) is 3.02. The van der Waals surface area contributed by atoms with Crippen LogP contribution in [0.2, 0.25) is 0 Å². The first-order valence-corrected chi connectivity index (χ1v) is 6.34. The molecule has 1 atom stereocenters. The van der Waals surface area contributed by atoms with Crippen molar-refractivity contribution in [3.05, 3.63) is 59.6 Å². The van der Waals surface area contributed by atoms with Crippen molar-refractivity contribution in [3.63, 3.8) is 0 Å². The molecule has 0 saturated carbocycles. The Bertz CT molecular complexity index is 608. The van der Waals surface area contributed by atoms with Crippen LogP contribution >= 0.6 is 0 Å². The van der Waals surface area contributed by atoms with Crippen LogP contribution in [0.1, 0.15) is 18.5 Å². The first-order chi connectivity index (χ1) is 10.0. The van der Waals surface area contributed by atoms with Crippen molar-refractivity contribution in [2.45, 2.75) is 13.0 Å². The zero-order valence-electron chi connectivity index (χ0n) is 11.5. The zero-order chi connectivity index (χ0) is 15.4. The van der Waals surface area contributed by atoms with E-state index in [-0.39, 0.29) is 12.2 Å². The Labute approximate surface area is 121 Å². The second-order valence-corrected chi connectivity index (χ2v) is 4.51. The van der Waals surface area contributed by atoms with Gasteiger partial charge in [-0.1, -0.05) is 24.8 Å². The van der Waals surface area contributed by atoms with Gasteiger partial charge in [0.15, 0.2) is 0 Å². The van der Waals surface area contributed by atoms with Gasteiger partial charge in [-0.15, -0.1) is 0 Å². The number of benzene rings is 1. The molecule has 0 radical (unpaired) electrons. The monoisotopic (exact) mass is 290 g/mol. The minimum absolute atomic E-state index is 0.0691. The number of urea groups is 1. The van der Waals surface area contributed by atoms with E-state index < -0.39 is 23.9 Å². The number of hydrogen-bond donors (Lipinski definition) is 2. The van der Waals surface area contributed by atoms with Crippen LogP contribution in [-0.4, -0.2) is 18.6 Å². The summed E-state index contributed by atoms with van der Waals surface area (Å²) in [7, 11) is 0. The van der Waals surface area contributed by atoms with Crippen LogP contribution in [-0.2, 0) is 9.53 Å². The molecule has 2 rings (SSSR count). The maximum Gasteiger partial charge on any atom is 0.338 e. The average Bonchev–Trinajstić information content (AvgIpc) is 2.44. The standard InChI is InChI=1S/C15H15FN2O3/c1-3-8-21-14(19)12-9(2)17-15(20)18-13(12)10-4-6-11(16)7-5-10/h3-7,13H,1,8H2,2H3,(H2,17,18,20)/t13-/m0/s1. The van der Waals surface area contributed by atoms with Gasteiger partial charge < -0.3 is 15.4 Å². The van der Waals surface area contributed by atoms with Gasteiger partial charge in [-0.3, -0.25) is 0 Å². The number of amides is 2. The number of carbonyl (C=O) groups excluding carboxylic acids is 2. The predicted octanol–water partition coefficient (Wildman–Crippen LogP) is 2.18. The molecule has 0 fully saturated rings. The van der Waals surface area contributed by atoms with Crippen LogP contribution in [0.15, 0.2) is 48.2 Å². The summed E-state index contributed by atoms with van der Waals surface area (Å²) in [5.41, 5.74) is 1.28. The van der Waals surface area contributed by atoms with Crippen molar-refractivity contribution >= 4 is 12.0 Å². The topological polar surface area (TPSA) is 67.4 Å². The van der Waals surface area contributed by atoms with Crippen LogP contribution in [0.3, 0.4) is 0 Å². The Morgan fingerprint density at radius 2 is 2.10 bits per heavy atom. The van der Waals surface area contributed by atoms with Gasteiger partial charge in [0.05, 0.1) is 11.6 Å². The summed E-state index contributed by atoms with van der Waals surface area (Å²) in [4.78, 5) is 23.7. The van der Waals surface area contributed by atoms with Gasteiger partial charge in [0.1, 0.15) is 12.4 Å². The molecule has 1 aliphatic heterocycles. The molecule has 0 aliphatic carbocycles. The number of carbonyl (C=O) groups is 2. The minimum atomic E-state index is -0.684. The quantitative estimate of drug-likeness (QED) is 0.660. The van der Waals surface area contributed by atoms with Crippen molar-refractivity contribution in [2.24, 2.45) is 0 Å².